The monoisotopic (exact) mass is 305 g/mol. The first-order chi connectivity index (χ1) is 10.0. The fraction of sp³-hybridized carbons (Fsp3) is 0.667. The van der Waals surface area contributed by atoms with Gasteiger partial charge in [0.05, 0.1) is 17.9 Å². The molecule has 5 nitrogen and oxygen atoms in total. The highest BCUT2D eigenvalue weighted by Crippen LogP contribution is 2.25. The predicted octanol–water partition coefficient (Wildman–Crippen LogP) is 2.55. The van der Waals surface area contributed by atoms with Crippen LogP contribution in [0.2, 0.25) is 0 Å². The molecule has 0 spiro atoms. The molecule has 6 heteroatoms. The second kappa shape index (κ2) is 5.85. The van der Waals surface area contributed by atoms with Crippen molar-refractivity contribution in [3.8, 4) is 0 Å². The van der Waals surface area contributed by atoms with Gasteiger partial charge in [0, 0.05) is 29.5 Å². The molecular weight excluding hydrogens is 282 g/mol. The standard InChI is InChI=1S/C15H23N5S/c1-15(2,3)13-10-21-14(17-13)9-20-8-12(18-19-20)11-5-4-6-16-7-11/h8,10-11,16H,4-7,9H2,1-3H3. The van der Waals surface area contributed by atoms with Crippen molar-refractivity contribution in [2.45, 2.75) is 51.5 Å². The lowest BCUT2D eigenvalue weighted by Crippen LogP contribution is -2.28. The molecule has 0 bridgehead atoms. The number of rotatable bonds is 3. The van der Waals surface area contributed by atoms with Crippen molar-refractivity contribution in [1.82, 2.24) is 25.3 Å². The SMILES string of the molecule is CC(C)(C)c1csc(Cn2cc(C3CCCNC3)nn2)n1. The van der Waals surface area contributed by atoms with Crippen LogP contribution in [-0.2, 0) is 12.0 Å². The summed E-state index contributed by atoms with van der Waals surface area (Å²) >= 11 is 1.70. The molecule has 1 unspecified atom stereocenters. The minimum Gasteiger partial charge on any atom is -0.316 e. The topological polar surface area (TPSA) is 55.6 Å². The third-order valence-corrected chi connectivity index (χ3v) is 4.72. The second-order valence-electron chi connectivity index (χ2n) is 6.76. The van der Waals surface area contributed by atoms with E-state index in [0.717, 1.165) is 29.5 Å². The number of nitrogens with one attached hydrogen (secondary N) is 1. The number of thiazole rings is 1. The lowest BCUT2D eigenvalue weighted by Gasteiger charge is -2.20. The number of hydrogen-bond acceptors (Lipinski definition) is 5. The molecule has 0 radical (unpaired) electrons. The van der Waals surface area contributed by atoms with E-state index in [0.29, 0.717) is 12.5 Å². The molecule has 1 aliphatic heterocycles. The molecule has 1 N–H and O–H groups in total. The Bertz CT molecular complexity index is 589. The lowest BCUT2D eigenvalue weighted by molar-refractivity contribution is 0.454. The Labute approximate surface area is 129 Å². The maximum Gasteiger partial charge on any atom is 0.114 e. The maximum atomic E-state index is 4.72. The van der Waals surface area contributed by atoms with E-state index in [1.807, 2.05) is 4.68 Å². The van der Waals surface area contributed by atoms with Gasteiger partial charge in [-0.2, -0.15) is 0 Å². The van der Waals surface area contributed by atoms with Crippen molar-refractivity contribution in [3.05, 3.63) is 28.0 Å². The summed E-state index contributed by atoms with van der Waals surface area (Å²) in [5.41, 5.74) is 2.37. The highest BCUT2D eigenvalue weighted by molar-refractivity contribution is 7.09. The van der Waals surface area contributed by atoms with E-state index in [-0.39, 0.29) is 5.41 Å². The molecule has 3 rings (SSSR count). The first-order valence-electron chi connectivity index (χ1n) is 7.58. The van der Waals surface area contributed by atoms with E-state index < -0.39 is 0 Å². The molecule has 21 heavy (non-hydrogen) atoms. The second-order valence-corrected chi connectivity index (χ2v) is 7.70. The van der Waals surface area contributed by atoms with Crippen LogP contribution in [0.1, 0.15) is 55.9 Å². The van der Waals surface area contributed by atoms with E-state index in [9.17, 15) is 0 Å². The zero-order valence-electron chi connectivity index (χ0n) is 13.0. The van der Waals surface area contributed by atoms with Gasteiger partial charge in [-0.15, -0.1) is 16.4 Å². The van der Waals surface area contributed by atoms with Gasteiger partial charge in [0.1, 0.15) is 5.01 Å². The van der Waals surface area contributed by atoms with Crippen LogP contribution in [0.25, 0.3) is 0 Å². The molecule has 0 aliphatic carbocycles. The number of nitrogens with zero attached hydrogens (tertiary/aromatic N) is 4. The molecule has 2 aromatic heterocycles. The Hall–Kier alpha value is -1.27. The molecule has 114 valence electrons. The zero-order chi connectivity index (χ0) is 14.9. The largest absolute Gasteiger partial charge is 0.316 e. The van der Waals surface area contributed by atoms with Gasteiger partial charge >= 0.3 is 0 Å². The molecular formula is C15H23N5S. The summed E-state index contributed by atoms with van der Waals surface area (Å²) in [5, 5.41) is 15.3. The Kier molecular flexibility index (Phi) is 4.08. The quantitative estimate of drug-likeness (QED) is 0.947. The van der Waals surface area contributed by atoms with Crippen LogP contribution in [0.15, 0.2) is 11.6 Å². The normalized spacial score (nSPS) is 19.9. The van der Waals surface area contributed by atoms with Gasteiger partial charge in [0.2, 0.25) is 0 Å². The molecule has 0 aromatic carbocycles. The van der Waals surface area contributed by atoms with Gasteiger partial charge in [-0.1, -0.05) is 26.0 Å². The van der Waals surface area contributed by atoms with Crippen molar-refractivity contribution in [2.75, 3.05) is 13.1 Å². The van der Waals surface area contributed by atoms with Crippen LogP contribution in [0.3, 0.4) is 0 Å². The summed E-state index contributed by atoms with van der Waals surface area (Å²) in [6, 6.07) is 0. The van der Waals surface area contributed by atoms with E-state index in [4.69, 9.17) is 4.98 Å². The van der Waals surface area contributed by atoms with Crippen LogP contribution >= 0.6 is 11.3 Å². The maximum absolute atomic E-state index is 4.72. The Balaban J connectivity index is 1.68. The summed E-state index contributed by atoms with van der Waals surface area (Å²) in [6.45, 7) is 9.43. The molecule has 1 saturated heterocycles. The minimum atomic E-state index is 0.107. The van der Waals surface area contributed by atoms with Crippen molar-refractivity contribution >= 4 is 11.3 Å². The first kappa shape index (κ1) is 14.7. The van der Waals surface area contributed by atoms with Gasteiger partial charge in [0.25, 0.3) is 0 Å². The summed E-state index contributed by atoms with van der Waals surface area (Å²) in [7, 11) is 0. The molecule has 3 heterocycles. The van der Waals surface area contributed by atoms with Crippen molar-refractivity contribution in [1.29, 1.82) is 0 Å². The van der Waals surface area contributed by atoms with E-state index >= 15 is 0 Å². The third kappa shape index (κ3) is 3.49. The Morgan fingerprint density at radius 2 is 2.29 bits per heavy atom. The van der Waals surface area contributed by atoms with Crippen LogP contribution < -0.4 is 5.32 Å². The highest BCUT2D eigenvalue weighted by atomic mass is 32.1. The predicted molar refractivity (Wildman–Crippen MR) is 84.8 cm³/mol. The van der Waals surface area contributed by atoms with Crippen LogP contribution in [0.4, 0.5) is 0 Å². The average molecular weight is 305 g/mol. The molecule has 0 saturated carbocycles. The van der Waals surface area contributed by atoms with Crippen LogP contribution in [0, 0.1) is 0 Å². The summed E-state index contributed by atoms with van der Waals surface area (Å²) in [4.78, 5) is 4.72. The zero-order valence-corrected chi connectivity index (χ0v) is 13.8. The number of hydrogen-bond donors (Lipinski definition) is 1. The van der Waals surface area contributed by atoms with Crippen molar-refractivity contribution < 1.29 is 0 Å². The molecule has 1 aliphatic rings. The third-order valence-electron chi connectivity index (χ3n) is 3.89. The van der Waals surface area contributed by atoms with Gasteiger partial charge in [-0.3, -0.25) is 0 Å². The summed E-state index contributed by atoms with van der Waals surface area (Å²) in [5.74, 6) is 0.508. The molecule has 1 atom stereocenters. The van der Waals surface area contributed by atoms with E-state index in [2.05, 4.69) is 48.0 Å². The van der Waals surface area contributed by atoms with Crippen molar-refractivity contribution in [3.63, 3.8) is 0 Å². The number of aromatic nitrogens is 4. The fourth-order valence-corrected chi connectivity index (χ4v) is 3.56. The molecule has 0 amide bonds. The van der Waals surface area contributed by atoms with Gasteiger partial charge < -0.3 is 5.32 Å². The van der Waals surface area contributed by atoms with Gasteiger partial charge in [-0.25, -0.2) is 9.67 Å². The lowest BCUT2D eigenvalue weighted by atomic mass is 9.93. The fourth-order valence-electron chi connectivity index (χ4n) is 2.55. The van der Waals surface area contributed by atoms with Crippen LogP contribution in [-0.4, -0.2) is 33.1 Å². The smallest absolute Gasteiger partial charge is 0.114 e. The van der Waals surface area contributed by atoms with Crippen molar-refractivity contribution in [2.24, 2.45) is 0 Å². The van der Waals surface area contributed by atoms with Gasteiger partial charge in [0.15, 0.2) is 0 Å². The summed E-state index contributed by atoms with van der Waals surface area (Å²) in [6.07, 6.45) is 4.51. The summed E-state index contributed by atoms with van der Waals surface area (Å²) < 4.78 is 1.91. The molecule has 1 fully saturated rings. The Morgan fingerprint density at radius 1 is 1.43 bits per heavy atom. The molecule has 2 aromatic rings. The Morgan fingerprint density at radius 3 is 2.95 bits per heavy atom. The van der Waals surface area contributed by atoms with E-state index in [1.165, 1.54) is 12.8 Å². The highest BCUT2D eigenvalue weighted by Gasteiger charge is 2.20. The van der Waals surface area contributed by atoms with E-state index in [1.54, 1.807) is 11.3 Å². The minimum absolute atomic E-state index is 0.107. The number of piperidine rings is 1. The van der Waals surface area contributed by atoms with Gasteiger partial charge in [-0.05, 0) is 19.4 Å². The van der Waals surface area contributed by atoms with Crippen LogP contribution in [0.5, 0.6) is 0 Å². The average Bonchev–Trinajstić information content (AvgIpc) is 3.09. The first-order valence-corrected chi connectivity index (χ1v) is 8.46.